The van der Waals surface area contributed by atoms with E-state index in [0.29, 0.717) is 5.92 Å². The monoisotopic (exact) mass is 384 g/mol. The fourth-order valence-corrected chi connectivity index (χ4v) is 3.31. The van der Waals surface area contributed by atoms with Gasteiger partial charge in [0.05, 0.1) is 5.38 Å². The van der Waals surface area contributed by atoms with Crippen LogP contribution in [0.15, 0.2) is 48.5 Å². The smallest absolute Gasteiger partial charge is 0.0845 e. The average molecular weight is 385 g/mol. The topological polar surface area (TPSA) is 0 Å². The molecule has 0 bridgehead atoms. The lowest BCUT2D eigenvalue weighted by Gasteiger charge is -2.14. The van der Waals surface area contributed by atoms with Crippen LogP contribution in [0.1, 0.15) is 48.3 Å². The molecule has 0 nitrogen and oxygen atoms in total. The van der Waals surface area contributed by atoms with Crippen LogP contribution in [0.3, 0.4) is 0 Å². The van der Waals surface area contributed by atoms with Crippen molar-refractivity contribution in [1.82, 2.24) is 0 Å². The first-order chi connectivity index (χ1) is 9.13. The molecule has 0 aromatic heterocycles. The Morgan fingerprint density at radius 1 is 1.00 bits per heavy atom. The van der Waals surface area contributed by atoms with Crippen LogP contribution >= 0.6 is 34.2 Å². The Labute approximate surface area is 134 Å². The third-order valence-corrected chi connectivity index (χ3v) is 5.06. The molecule has 0 N–H and O–H groups in total. The largest absolute Gasteiger partial charge is 0.113 e. The van der Waals surface area contributed by atoms with Crippen molar-refractivity contribution in [3.05, 3.63) is 68.8 Å². The molecule has 2 aromatic carbocycles. The zero-order valence-corrected chi connectivity index (χ0v) is 14.1. The van der Waals surface area contributed by atoms with Crippen LogP contribution in [0.4, 0.5) is 0 Å². The molecule has 0 aliphatic heterocycles. The van der Waals surface area contributed by atoms with Crippen molar-refractivity contribution < 1.29 is 0 Å². The lowest BCUT2D eigenvalue weighted by atomic mass is 9.96. The highest BCUT2D eigenvalue weighted by Crippen LogP contribution is 2.32. The molecule has 0 saturated carbocycles. The third-order valence-electron chi connectivity index (χ3n) is 3.59. The van der Waals surface area contributed by atoms with E-state index in [4.69, 9.17) is 11.6 Å². The fourth-order valence-electron chi connectivity index (χ4n) is 2.09. The van der Waals surface area contributed by atoms with E-state index in [9.17, 15) is 0 Å². The third kappa shape index (κ3) is 3.51. The maximum atomic E-state index is 6.60. The van der Waals surface area contributed by atoms with E-state index in [1.165, 1.54) is 21.1 Å². The summed E-state index contributed by atoms with van der Waals surface area (Å²) in [6, 6.07) is 17.0. The normalized spacial score (nSPS) is 14.1. The van der Waals surface area contributed by atoms with Gasteiger partial charge in [-0.15, -0.1) is 11.6 Å². The molecular weight excluding hydrogens is 367 g/mol. The second-order valence-corrected chi connectivity index (χ2v) is 6.46. The van der Waals surface area contributed by atoms with Crippen LogP contribution in [0, 0.1) is 3.57 Å². The molecule has 2 unspecified atom stereocenters. The molecular formula is C17H18ClI. The van der Waals surface area contributed by atoms with E-state index >= 15 is 0 Å². The minimum Gasteiger partial charge on any atom is -0.113 e. The molecule has 0 heterocycles. The molecule has 0 amide bonds. The molecule has 0 spiro atoms. The molecule has 0 aliphatic rings. The number of hydrogen-bond acceptors (Lipinski definition) is 0. The Morgan fingerprint density at radius 2 is 1.58 bits per heavy atom. The van der Waals surface area contributed by atoms with E-state index < -0.39 is 0 Å². The van der Waals surface area contributed by atoms with Gasteiger partial charge in [-0.2, -0.15) is 0 Å². The molecule has 0 aliphatic carbocycles. The fraction of sp³-hybridized carbons (Fsp3) is 0.294. The molecule has 2 heteroatoms. The summed E-state index contributed by atoms with van der Waals surface area (Å²) in [6.45, 7) is 4.47. The Morgan fingerprint density at radius 3 is 2.16 bits per heavy atom. The first kappa shape index (κ1) is 14.9. The van der Waals surface area contributed by atoms with Gasteiger partial charge >= 0.3 is 0 Å². The van der Waals surface area contributed by atoms with Gasteiger partial charge in [-0.3, -0.25) is 0 Å². The summed E-state index contributed by atoms with van der Waals surface area (Å²) in [5.74, 6) is 0.611. The van der Waals surface area contributed by atoms with Crippen molar-refractivity contribution in [2.45, 2.75) is 31.6 Å². The first-order valence-electron chi connectivity index (χ1n) is 6.61. The van der Waals surface area contributed by atoms with E-state index in [1.807, 2.05) is 12.1 Å². The van der Waals surface area contributed by atoms with E-state index in [-0.39, 0.29) is 5.38 Å². The van der Waals surface area contributed by atoms with Crippen molar-refractivity contribution in [2.24, 2.45) is 0 Å². The van der Waals surface area contributed by atoms with Gasteiger partial charge in [-0.05, 0) is 57.7 Å². The second kappa shape index (κ2) is 6.76. The molecule has 0 saturated heterocycles. The summed E-state index contributed by atoms with van der Waals surface area (Å²) in [5.41, 5.74) is 3.73. The van der Waals surface area contributed by atoms with Crippen molar-refractivity contribution in [2.75, 3.05) is 0 Å². The summed E-state index contributed by atoms with van der Waals surface area (Å²) < 4.78 is 1.21. The molecule has 19 heavy (non-hydrogen) atoms. The summed E-state index contributed by atoms with van der Waals surface area (Å²) in [7, 11) is 0. The quantitative estimate of drug-likeness (QED) is 0.439. The van der Waals surface area contributed by atoms with Crippen LogP contribution < -0.4 is 0 Å². The van der Waals surface area contributed by atoms with Gasteiger partial charge < -0.3 is 0 Å². The standard InChI is InChI=1S/C17H18ClI/c1-3-12(2)13-8-10-14(11-9-13)17(18)15-6-4-5-7-16(15)19/h4-12,17H,3H2,1-2H3. The zero-order chi connectivity index (χ0) is 13.8. The Hall–Kier alpha value is -0.540. The Kier molecular flexibility index (Phi) is 5.28. The number of alkyl halides is 1. The van der Waals surface area contributed by atoms with E-state index in [2.05, 4.69) is 72.8 Å². The number of hydrogen-bond donors (Lipinski definition) is 0. The minimum absolute atomic E-state index is 0.0703. The Balaban J connectivity index is 2.25. The van der Waals surface area contributed by atoms with Gasteiger partial charge in [-0.1, -0.05) is 56.3 Å². The van der Waals surface area contributed by atoms with E-state index in [0.717, 1.165) is 5.56 Å². The summed E-state index contributed by atoms with van der Waals surface area (Å²) >= 11 is 8.94. The highest BCUT2D eigenvalue weighted by molar-refractivity contribution is 14.1. The van der Waals surface area contributed by atoms with Crippen molar-refractivity contribution >= 4 is 34.2 Å². The maximum Gasteiger partial charge on any atom is 0.0845 e. The van der Waals surface area contributed by atoms with Gasteiger partial charge in [-0.25, -0.2) is 0 Å². The van der Waals surface area contributed by atoms with Gasteiger partial charge in [0.15, 0.2) is 0 Å². The van der Waals surface area contributed by atoms with Gasteiger partial charge in [0, 0.05) is 3.57 Å². The summed E-state index contributed by atoms with van der Waals surface area (Å²) in [4.78, 5) is 0. The summed E-state index contributed by atoms with van der Waals surface area (Å²) in [6.07, 6.45) is 1.17. The lowest BCUT2D eigenvalue weighted by Crippen LogP contribution is -1.97. The SMILES string of the molecule is CCC(C)c1ccc(C(Cl)c2ccccc2I)cc1. The van der Waals surface area contributed by atoms with Crippen LogP contribution in [0.5, 0.6) is 0 Å². The predicted octanol–water partition coefficient (Wildman–Crippen LogP) is 6.13. The number of rotatable bonds is 4. The summed E-state index contributed by atoms with van der Waals surface area (Å²) in [5, 5.41) is -0.0703. The molecule has 0 radical (unpaired) electrons. The highest BCUT2D eigenvalue weighted by Gasteiger charge is 2.13. The predicted molar refractivity (Wildman–Crippen MR) is 92.0 cm³/mol. The van der Waals surface area contributed by atoms with Gasteiger partial charge in [0.25, 0.3) is 0 Å². The van der Waals surface area contributed by atoms with Crippen molar-refractivity contribution in [1.29, 1.82) is 0 Å². The molecule has 0 fully saturated rings. The Bertz CT molecular complexity index is 533. The van der Waals surface area contributed by atoms with Gasteiger partial charge in [0.1, 0.15) is 0 Å². The van der Waals surface area contributed by atoms with Crippen LogP contribution in [-0.2, 0) is 0 Å². The van der Waals surface area contributed by atoms with Gasteiger partial charge in [0.2, 0.25) is 0 Å². The molecule has 100 valence electrons. The molecule has 2 rings (SSSR count). The first-order valence-corrected chi connectivity index (χ1v) is 8.13. The lowest BCUT2D eigenvalue weighted by molar-refractivity contribution is 0.733. The minimum atomic E-state index is -0.0703. The highest BCUT2D eigenvalue weighted by atomic mass is 127. The van der Waals surface area contributed by atoms with Crippen molar-refractivity contribution in [3.8, 4) is 0 Å². The van der Waals surface area contributed by atoms with Crippen LogP contribution in [-0.4, -0.2) is 0 Å². The maximum absolute atomic E-state index is 6.60. The van der Waals surface area contributed by atoms with E-state index in [1.54, 1.807) is 0 Å². The molecule has 2 atom stereocenters. The molecule has 2 aromatic rings. The zero-order valence-electron chi connectivity index (χ0n) is 11.2. The number of benzene rings is 2. The average Bonchev–Trinajstić information content (AvgIpc) is 2.46. The van der Waals surface area contributed by atoms with Crippen molar-refractivity contribution in [3.63, 3.8) is 0 Å². The second-order valence-electron chi connectivity index (χ2n) is 4.86. The van der Waals surface area contributed by atoms with Crippen LogP contribution in [0.2, 0.25) is 0 Å². The van der Waals surface area contributed by atoms with Crippen LogP contribution in [0.25, 0.3) is 0 Å². The number of halogens is 2.